The van der Waals surface area contributed by atoms with E-state index in [1.165, 1.54) is 0 Å². The van der Waals surface area contributed by atoms with Crippen molar-refractivity contribution in [2.75, 3.05) is 0 Å². The molecule has 0 saturated heterocycles. The van der Waals surface area contributed by atoms with Crippen molar-refractivity contribution < 1.29 is 18.9 Å². The first kappa shape index (κ1) is 7.86. The summed E-state index contributed by atoms with van der Waals surface area (Å²) in [5.41, 5.74) is 0. The standard InChI is InChI=1S/C2H2O4P2/c3-7(4)1-2-8(5)6/h1-2H/p+2. The van der Waals surface area contributed by atoms with Crippen molar-refractivity contribution in [3.63, 3.8) is 0 Å². The molecular formula is C2H4O4P2+2. The summed E-state index contributed by atoms with van der Waals surface area (Å²) in [5.74, 6) is 1.54. The minimum atomic E-state index is -2.41. The van der Waals surface area contributed by atoms with Gasteiger partial charge in [-0.2, -0.15) is 9.79 Å². The summed E-state index contributed by atoms with van der Waals surface area (Å²) >= 11 is 0. The van der Waals surface area contributed by atoms with Crippen molar-refractivity contribution in [3.8, 4) is 0 Å². The largest absolute Gasteiger partial charge is 0.542 e. The average molecular weight is 154 g/mol. The Morgan fingerprint density at radius 3 is 1.38 bits per heavy atom. The maximum Gasteiger partial charge on any atom is 0.542 e. The third-order valence-corrected chi connectivity index (χ3v) is 1.37. The summed E-state index contributed by atoms with van der Waals surface area (Å²) in [4.78, 5) is 16.0. The van der Waals surface area contributed by atoms with Gasteiger partial charge in [0.15, 0.2) is 0 Å². The molecule has 0 radical (unpaired) electrons. The number of hydrogen-bond acceptors (Lipinski definition) is 2. The van der Waals surface area contributed by atoms with Gasteiger partial charge in [-0.05, 0) is 9.13 Å². The van der Waals surface area contributed by atoms with E-state index in [1.807, 2.05) is 0 Å². The van der Waals surface area contributed by atoms with Gasteiger partial charge in [-0.3, -0.25) is 0 Å². The lowest BCUT2D eigenvalue weighted by Gasteiger charge is -1.50. The van der Waals surface area contributed by atoms with E-state index in [0.29, 0.717) is 0 Å². The van der Waals surface area contributed by atoms with Gasteiger partial charge < -0.3 is 0 Å². The Morgan fingerprint density at radius 2 is 1.25 bits per heavy atom. The molecule has 0 aliphatic rings. The van der Waals surface area contributed by atoms with Gasteiger partial charge in [0, 0.05) is 0 Å². The van der Waals surface area contributed by atoms with Crippen molar-refractivity contribution in [3.05, 3.63) is 11.6 Å². The lowest BCUT2D eigenvalue weighted by atomic mass is 11.3. The molecule has 6 heteroatoms. The lowest BCUT2D eigenvalue weighted by molar-refractivity contribution is 0.508. The van der Waals surface area contributed by atoms with Crippen LogP contribution in [0.5, 0.6) is 0 Å². The van der Waals surface area contributed by atoms with Crippen molar-refractivity contribution in [1.29, 1.82) is 0 Å². The van der Waals surface area contributed by atoms with Crippen LogP contribution in [-0.2, 0) is 9.13 Å². The fraction of sp³-hybridized carbons (Fsp3) is 0. The number of hydrogen-bond donors (Lipinski definition) is 2. The predicted octanol–water partition coefficient (Wildman–Crippen LogP) is 0.927. The second kappa shape index (κ2) is 3.81. The topological polar surface area (TPSA) is 74.6 Å². The molecule has 2 N–H and O–H groups in total. The minimum Gasteiger partial charge on any atom is -0.157 e. The second-order valence-electron chi connectivity index (χ2n) is 0.903. The minimum absolute atomic E-state index is 0.772. The highest BCUT2D eigenvalue weighted by molar-refractivity contribution is 7.46. The number of rotatable bonds is 2. The maximum atomic E-state index is 9.73. The molecule has 0 spiro atoms. The van der Waals surface area contributed by atoms with E-state index in [9.17, 15) is 9.13 Å². The van der Waals surface area contributed by atoms with E-state index in [4.69, 9.17) is 9.79 Å². The van der Waals surface area contributed by atoms with Crippen LogP contribution in [0, 0.1) is 0 Å². The van der Waals surface area contributed by atoms with Gasteiger partial charge in [0.05, 0.1) is 0 Å². The Kier molecular flexibility index (Phi) is 3.75. The Bertz CT molecular complexity index is 123. The van der Waals surface area contributed by atoms with Gasteiger partial charge in [-0.1, -0.05) is 0 Å². The zero-order valence-electron chi connectivity index (χ0n) is 3.76. The van der Waals surface area contributed by atoms with Crippen molar-refractivity contribution in [2.45, 2.75) is 0 Å². The zero-order valence-corrected chi connectivity index (χ0v) is 5.55. The van der Waals surface area contributed by atoms with E-state index < -0.39 is 16.1 Å². The first-order valence-electron chi connectivity index (χ1n) is 1.61. The predicted molar refractivity (Wildman–Crippen MR) is 28.8 cm³/mol. The molecule has 0 aromatic carbocycles. The van der Waals surface area contributed by atoms with Crippen molar-refractivity contribution in [1.82, 2.24) is 0 Å². The van der Waals surface area contributed by atoms with Crippen LogP contribution in [0.4, 0.5) is 0 Å². The quantitative estimate of drug-likeness (QED) is 0.580. The summed E-state index contributed by atoms with van der Waals surface area (Å²) in [6, 6.07) is 0. The van der Waals surface area contributed by atoms with Gasteiger partial charge in [-0.15, -0.1) is 0 Å². The van der Waals surface area contributed by atoms with Gasteiger partial charge in [0.25, 0.3) is 0 Å². The van der Waals surface area contributed by atoms with Crippen LogP contribution >= 0.6 is 16.1 Å². The smallest absolute Gasteiger partial charge is 0.157 e. The summed E-state index contributed by atoms with van der Waals surface area (Å²) in [5, 5.41) is 0. The molecule has 0 aliphatic carbocycles. The molecule has 0 rings (SSSR count). The molecular weight excluding hydrogens is 150 g/mol. The monoisotopic (exact) mass is 154 g/mol. The molecule has 0 amide bonds. The van der Waals surface area contributed by atoms with Crippen molar-refractivity contribution >= 4 is 16.1 Å². The molecule has 0 heterocycles. The highest BCUT2D eigenvalue weighted by Gasteiger charge is 2.10. The SMILES string of the molecule is O=[P+](O)C=C[P+](=O)O. The van der Waals surface area contributed by atoms with Crippen LogP contribution in [0.1, 0.15) is 0 Å². The molecule has 0 fully saturated rings. The van der Waals surface area contributed by atoms with E-state index >= 15 is 0 Å². The molecule has 8 heavy (non-hydrogen) atoms. The Morgan fingerprint density at radius 1 is 1.00 bits per heavy atom. The Labute approximate surface area is 47.6 Å². The average Bonchev–Trinajstić information content (AvgIpc) is 1.61. The van der Waals surface area contributed by atoms with Gasteiger partial charge in [0.2, 0.25) is 11.6 Å². The Balaban J connectivity index is 3.67. The van der Waals surface area contributed by atoms with Crippen molar-refractivity contribution in [2.24, 2.45) is 0 Å². The molecule has 2 unspecified atom stereocenters. The molecule has 0 bridgehead atoms. The van der Waals surface area contributed by atoms with Gasteiger partial charge >= 0.3 is 16.1 Å². The summed E-state index contributed by atoms with van der Waals surface area (Å²) in [6.45, 7) is 0. The Hall–Kier alpha value is -0.140. The summed E-state index contributed by atoms with van der Waals surface area (Å²) < 4.78 is 19.5. The van der Waals surface area contributed by atoms with Crippen LogP contribution in [0.3, 0.4) is 0 Å². The highest BCUT2D eigenvalue weighted by atomic mass is 31.1. The summed E-state index contributed by atoms with van der Waals surface area (Å²) in [6.07, 6.45) is 0. The van der Waals surface area contributed by atoms with Gasteiger partial charge in [-0.25, -0.2) is 0 Å². The third-order valence-electron chi connectivity index (χ3n) is 0.322. The molecule has 44 valence electrons. The van der Waals surface area contributed by atoms with E-state index in [0.717, 1.165) is 11.6 Å². The lowest BCUT2D eigenvalue weighted by Crippen LogP contribution is -1.46. The first-order valence-corrected chi connectivity index (χ1v) is 4.18. The molecule has 4 nitrogen and oxygen atoms in total. The van der Waals surface area contributed by atoms with Crippen LogP contribution < -0.4 is 0 Å². The molecule has 0 saturated carbocycles. The third kappa shape index (κ3) is 5.86. The fourth-order valence-corrected chi connectivity index (χ4v) is 1.03. The normalized spacial score (nSPS) is 14.2. The van der Waals surface area contributed by atoms with Crippen LogP contribution in [0.15, 0.2) is 11.6 Å². The highest BCUT2D eigenvalue weighted by Crippen LogP contribution is 2.22. The molecule has 2 atom stereocenters. The van der Waals surface area contributed by atoms with Gasteiger partial charge in [0.1, 0.15) is 0 Å². The summed E-state index contributed by atoms with van der Waals surface area (Å²) in [7, 11) is -4.81. The van der Waals surface area contributed by atoms with E-state index in [2.05, 4.69) is 0 Å². The van der Waals surface area contributed by atoms with E-state index in [1.54, 1.807) is 0 Å². The molecule has 0 aromatic heterocycles. The molecule has 0 aromatic rings. The fourth-order valence-electron chi connectivity index (χ4n) is 0.114. The van der Waals surface area contributed by atoms with E-state index in [-0.39, 0.29) is 0 Å². The zero-order chi connectivity index (χ0) is 6.57. The maximum absolute atomic E-state index is 9.73. The second-order valence-corrected chi connectivity index (χ2v) is 2.71. The van der Waals surface area contributed by atoms with Crippen LogP contribution in [-0.4, -0.2) is 9.79 Å². The molecule has 0 aliphatic heterocycles. The first-order chi connectivity index (χ1) is 3.63. The van der Waals surface area contributed by atoms with Crippen LogP contribution in [0.25, 0.3) is 0 Å². The van der Waals surface area contributed by atoms with Crippen LogP contribution in [0.2, 0.25) is 0 Å².